The van der Waals surface area contributed by atoms with Crippen molar-refractivity contribution in [1.82, 2.24) is 10.6 Å². The maximum Gasteiger partial charge on any atom is 0.273 e. The van der Waals surface area contributed by atoms with Crippen LogP contribution in [0.2, 0.25) is 0 Å². The van der Waals surface area contributed by atoms with Gasteiger partial charge in [-0.3, -0.25) is 4.79 Å². The summed E-state index contributed by atoms with van der Waals surface area (Å²) in [5, 5.41) is 7.55. The van der Waals surface area contributed by atoms with Crippen LogP contribution in [0.3, 0.4) is 0 Å². The molecule has 0 saturated carbocycles. The van der Waals surface area contributed by atoms with Gasteiger partial charge in [0.1, 0.15) is 18.2 Å². The summed E-state index contributed by atoms with van der Waals surface area (Å²) in [4.78, 5) is 12.6. The lowest BCUT2D eigenvalue weighted by Gasteiger charge is -2.16. The highest BCUT2D eigenvalue weighted by molar-refractivity contribution is 6.00. The summed E-state index contributed by atoms with van der Waals surface area (Å²) >= 11 is 0. The van der Waals surface area contributed by atoms with Crippen LogP contribution in [0.15, 0.2) is 60.7 Å². The van der Waals surface area contributed by atoms with Gasteiger partial charge in [0.15, 0.2) is 0 Å². The molecule has 2 N–H and O–H groups in total. The zero-order valence-corrected chi connectivity index (χ0v) is 18.8. The van der Waals surface area contributed by atoms with Gasteiger partial charge in [-0.2, -0.15) is 0 Å². The molecule has 176 valence electrons. The molecule has 3 rings (SSSR count). The number of amides is 1. The van der Waals surface area contributed by atoms with E-state index in [1.807, 2.05) is 25.1 Å². The van der Waals surface area contributed by atoms with Crippen molar-refractivity contribution in [3.63, 3.8) is 0 Å². The van der Waals surface area contributed by atoms with Crippen molar-refractivity contribution in [2.45, 2.75) is 38.7 Å². The van der Waals surface area contributed by atoms with Gasteiger partial charge >= 0.3 is 0 Å². The standard InChI is InChI=1S/C26H29F3N2O2/c1-3-26(28,29)21-8-10-22(11-9-21)33-24-6-4-5-19-17-20(7-12-23(19)24)25(32)31-18(2)13-15-30-16-14-27/h4-12,17-18,30H,3,13-16H2,1-2H3,(H,31,32)/t18-/m1/s1. The summed E-state index contributed by atoms with van der Waals surface area (Å²) in [5.74, 6) is -2.03. The Morgan fingerprint density at radius 1 is 1.06 bits per heavy atom. The van der Waals surface area contributed by atoms with Gasteiger partial charge in [0.05, 0.1) is 0 Å². The van der Waals surface area contributed by atoms with Crippen molar-refractivity contribution < 1.29 is 22.7 Å². The lowest BCUT2D eigenvalue weighted by molar-refractivity contribution is -0.00831. The third-order valence-electron chi connectivity index (χ3n) is 5.45. The quantitative estimate of drug-likeness (QED) is 0.336. The largest absolute Gasteiger partial charge is 0.457 e. The fourth-order valence-corrected chi connectivity index (χ4v) is 3.47. The van der Waals surface area contributed by atoms with Crippen molar-refractivity contribution in [3.05, 3.63) is 71.8 Å². The van der Waals surface area contributed by atoms with E-state index in [1.165, 1.54) is 31.2 Å². The average molecular weight is 459 g/mol. The number of nitrogens with one attached hydrogen (secondary N) is 2. The number of fused-ring (bicyclic) bond motifs is 1. The van der Waals surface area contributed by atoms with E-state index in [4.69, 9.17) is 4.74 Å². The molecule has 33 heavy (non-hydrogen) atoms. The molecule has 7 heteroatoms. The van der Waals surface area contributed by atoms with Gasteiger partial charge in [0.2, 0.25) is 0 Å². The molecule has 0 aromatic heterocycles. The van der Waals surface area contributed by atoms with Crippen LogP contribution < -0.4 is 15.4 Å². The number of carbonyl (C=O) groups is 1. The normalized spacial score (nSPS) is 12.5. The van der Waals surface area contributed by atoms with E-state index in [2.05, 4.69) is 10.6 Å². The molecular weight excluding hydrogens is 429 g/mol. The fraction of sp³-hybridized carbons (Fsp3) is 0.346. The van der Waals surface area contributed by atoms with Gasteiger partial charge < -0.3 is 15.4 Å². The molecule has 3 aromatic rings. The third-order valence-corrected chi connectivity index (χ3v) is 5.45. The first-order chi connectivity index (χ1) is 15.8. The summed E-state index contributed by atoms with van der Waals surface area (Å²) in [6.45, 7) is 3.88. The number of halogens is 3. The Balaban J connectivity index is 1.70. The molecule has 3 aromatic carbocycles. The highest BCUT2D eigenvalue weighted by Gasteiger charge is 2.28. The predicted octanol–water partition coefficient (Wildman–Crippen LogP) is 6.20. The second-order valence-corrected chi connectivity index (χ2v) is 7.98. The molecular formula is C26H29F3N2O2. The Hall–Kier alpha value is -3.06. The number of hydrogen-bond acceptors (Lipinski definition) is 3. The molecule has 0 unspecified atom stereocenters. The first-order valence-electron chi connectivity index (χ1n) is 11.1. The van der Waals surface area contributed by atoms with Crippen LogP contribution in [0.5, 0.6) is 11.5 Å². The Kier molecular flexibility index (Phi) is 8.33. The molecule has 1 amide bonds. The Morgan fingerprint density at radius 3 is 2.52 bits per heavy atom. The monoisotopic (exact) mass is 458 g/mol. The lowest BCUT2D eigenvalue weighted by atomic mass is 10.0. The highest BCUT2D eigenvalue weighted by Crippen LogP contribution is 2.34. The first-order valence-corrected chi connectivity index (χ1v) is 11.1. The molecule has 0 spiro atoms. The number of hydrogen-bond donors (Lipinski definition) is 2. The molecule has 0 aliphatic carbocycles. The first kappa shape index (κ1) is 24.6. The Bertz CT molecular complexity index is 1070. The highest BCUT2D eigenvalue weighted by atomic mass is 19.3. The lowest BCUT2D eigenvalue weighted by Crippen LogP contribution is -2.35. The van der Waals surface area contributed by atoms with Crippen LogP contribution in [0.4, 0.5) is 13.2 Å². The van der Waals surface area contributed by atoms with Crippen LogP contribution in [0.1, 0.15) is 42.6 Å². The van der Waals surface area contributed by atoms with E-state index in [1.54, 1.807) is 18.2 Å². The molecule has 4 nitrogen and oxygen atoms in total. The van der Waals surface area contributed by atoms with Crippen molar-refractivity contribution in [3.8, 4) is 11.5 Å². The van der Waals surface area contributed by atoms with Crippen LogP contribution in [-0.2, 0) is 5.92 Å². The molecule has 0 fully saturated rings. The topological polar surface area (TPSA) is 50.4 Å². The molecule has 0 heterocycles. The molecule has 0 aliphatic rings. The van der Waals surface area contributed by atoms with Crippen LogP contribution in [0, 0.1) is 0 Å². The Morgan fingerprint density at radius 2 is 1.82 bits per heavy atom. The Labute approximate surface area is 192 Å². The fourth-order valence-electron chi connectivity index (χ4n) is 3.47. The van der Waals surface area contributed by atoms with Gasteiger partial charge in [0.25, 0.3) is 11.8 Å². The van der Waals surface area contributed by atoms with Crippen molar-refractivity contribution in [2.24, 2.45) is 0 Å². The molecule has 0 saturated heterocycles. The van der Waals surface area contributed by atoms with Crippen molar-refractivity contribution in [2.75, 3.05) is 19.8 Å². The number of ether oxygens (including phenoxy) is 1. The maximum absolute atomic E-state index is 13.8. The van der Waals surface area contributed by atoms with E-state index in [9.17, 15) is 18.0 Å². The zero-order chi connectivity index (χ0) is 23.8. The zero-order valence-electron chi connectivity index (χ0n) is 18.8. The molecule has 1 atom stereocenters. The summed E-state index contributed by atoms with van der Waals surface area (Å²) in [6, 6.07) is 16.6. The number of carbonyl (C=O) groups excluding carboxylic acids is 1. The van der Waals surface area contributed by atoms with Gasteiger partial charge in [-0.05, 0) is 73.8 Å². The molecule has 0 bridgehead atoms. The maximum atomic E-state index is 13.8. The van der Waals surface area contributed by atoms with Crippen molar-refractivity contribution >= 4 is 16.7 Å². The van der Waals surface area contributed by atoms with E-state index in [-0.39, 0.29) is 23.9 Å². The second-order valence-electron chi connectivity index (χ2n) is 7.98. The second kappa shape index (κ2) is 11.2. The number of rotatable bonds is 11. The SMILES string of the molecule is CCC(F)(F)c1ccc(Oc2cccc3cc(C(=O)N[C@H](C)CCNCCF)ccc23)cc1. The van der Waals surface area contributed by atoms with E-state index < -0.39 is 12.6 Å². The summed E-state index contributed by atoms with van der Waals surface area (Å²) < 4.78 is 45.7. The minimum Gasteiger partial charge on any atom is -0.457 e. The minimum absolute atomic E-state index is 0.0432. The third kappa shape index (κ3) is 6.48. The summed E-state index contributed by atoms with van der Waals surface area (Å²) in [7, 11) is 0. The van der Waals surface area contributed by atoms with Gasteiger partial charge in [-0.1, -0.05) is 19.1 Å². The average Bonchev–Trinajstić information content (AvgIpc) is 2.82. The predicted molar refractivity (Wildman–Crippen MR) is 125 cm³/mol. The van der Waals surface area contributed by atoms with Gasteiger partial charge in [-0.25, -0.2) is 13.2 Å². The summed E-state index contributed by atoms with van der Waals surface area (Å²) in [6.07, 6.45) is 0.432. The smallest absolute Gasteiger partial charge is 0.273 e. The van der Waals surface area contributed by atoms with Crippen molar-refractivity contribution in [1.29, 1.82) is 0 Å². The van der Waals surface area contributed by atoms with E-state index in [0.717, 1.165) is 10.8 Å². The molecule has 0 aliphatic heterocycles. The van der Waals surface area contributed by atoms with Crippen LogP contribution in [0.25, 0.3) is 10.8 Å². The molecule has 0 radical (unpaired) electrons. The minimum atomic E-state index is -2.86. The van der Waals surface area contributed by atoms with E-state index in [0.29, 0.717) is 36.6 Å². The number of benzene rings is 3. The van der Waals surface area contributed by atoms with Gasteiger partial charge in [0, 0.05) is 35.5 Å². The summed E-state index contributed by atoms with van der Waals surface area (Å²) in [5.41, 5.74) is 0.479. The van der Waals surface area contributed by atoms with Crippen LogP contribution in [-0.4, -0.2) is 31.7 Å². The number of alkyl halides is 3. The van der Waals surface area contributed by atoms with E-state index >= 15 is 0 Å². The van der Waals surface area contributed by atoms with Crippen LogP contribution >= 0.6 is 0 Å². The van der Waals surface area contributed by atoms with Gasteiger partial charge in [-0.15, -0.1) is 0 Å².